The summed E-state index contributed by atoms with van der Waals surface area (Å²) < 4.78 is 27.6. The predicted octanol–water partition coefficient (Wildman–Crippen LogP) is 2.12. The van der Waals surface area contributed by atoms with Gasteiger partial charge in [0, 0.05) is 22.6 Å². The van der Waals surface area contributed by atoms with E-state index in [1.165, 1.54) is 24.3 Å². The van der Waals surface area contributed by atoms with Crippen LogP contribution in [0.1, 0.15) is 27.3 Å². The molecule has 1 aromatic heterocycles. The van der Waals surface area contributed by atoms with E-state index in [4.69, 9.17) is 20.1 Å². The van der Waals surface area contributed by atoms with Crippen molar-refractivity contribution in [1.82, 2.24) is 15.3 Å². The maximum absolute atomic E-state index is 12.6. The molecule has 1 amide bonds. The molecule has 0 fully saturated rings. The highest BCUT2D eigenvalue weighted by molar-refractivity contribution is 7.92. The molecule has 2 aromatic carbocycles. The number of aryl methyl sites for hydroxylation is 3. The average molecular weight is 465 g/mol. The van der Waals surface area contributed by atoms with Crippen LogP contribution in [0, 0.1) is 20.8 Å². The van der Waals surface area contributed by atoms with Gasteiger partial charge in [0.25, 0.3) is 15.9 Å². The van der Waals surface area contributed by atoms with Gasteiger partial charge in [-0.3, -0.25) is 10.1 Å². The molecule has 0 aliphatic carbocycles. The highest BCUT2D eigenvalue weighted by atomic mass is 32.2. The predicted molar refractivity (Wildman–Crippen MR) is 129 cm³/mol. The summed E-state index contributed by atoms with van der Waals surface area (Å²) in [5.74, 6) is -0.406. The Kier molecular flexibility index (Phi) is 6.90. The van der Waals surface area contributed by atoms with Gasteiger partial charge in [-0.1, -0.05) is 23.2 Å². The number of hydrogen-bond donors (Lipinski definition) is 3. The number of nitrogens with one attached hydrogen (secondary N) is 3. The van der Waals surface area contributed by atoms with Crippen LogP contribution in [0.4, 0.5) is 11.6 Å². The first-order valence-electron chi connectivity index (χ1n) is 9.47. The van der Waals surface area contributed by atoms with Gasteiger partial charge in [-0.2, -0.15) is 0 Å². The molecule has 3 N–H and O–H groups in total. The Bertz CT molecular complexity index is 1280. The lowest BCUT2D eigenvalue weighted by Gasteiger charge is -2.12. The van der Waals surface area contributed by atoms with E-state index in [0.29, 0.717) is 28.1 Å². The molecule has 3 aromatic rings. The molecule has 2 radical (unpaired) electrons. The van der Waals surface area contributed by atoms with Crippen LogP contribution >= 0.6 is 12.2 Å². The molecule has 32 heavy (non-hydrogen) atoms. The normalized spacial score (nSPS) is 11.0. The second-order valence-corrected chi connectivity index (χ2v) is 9.17. The Labute approximate surface area is 193 Å². The molecular weight excluding hydrogens is 445 g/mol. The van der Waals surface area contributed by atoms with E-state index in [1.807, 2.05) is 6.92 Å². The summed E-state index contributed by atoms with van der Waals surface area (Å²) in [7, 11) is 1.96. The van der Waals surface area contributed by atoms with Gasteiger partial charge in [-0.05, 0) is 69.4 Å². The molecule has 0 spiro atoms. The minimum Gasteiger partial charge on any atom is -0.332 e. The zero-order chi connectivity index (χ0) is 23.5. The summed E-state index contributed by atoms with van der Waals surface area (Å²) in [6, 6.07) is 12.6. The maximum Gasteiger partial charge on any atom is 0.264 e. The van der Waals surface area contributed by atoms with Crippen molar-refractivity contribution in [2.75, 3.05) is 10.0 Å². The SMILES string of the molecule is [B]c1cc(C(=O)NC(=S)Nc2ccc(S(=O)(=O)Nc3nc(C)cc(C)n3)cc2)ccc1C. The van der Waals surface area contributed by atoms with Gasteiger partial charge in [-0.15, -0.1) is 0 Å². The highest BCUT2D eigenvalue weighted by Crippen LogP contribution is 2.17. The monoisotopic (exact) mass is 465 g/mol. The van der Waals surface area contributed by atoms with E-state index in [-0.39, 0.29) is 16.0 Å². The third-order valence-corrected chi connectivity index (χ3v) is 5.95. The fraction of sp³-hybridized carbons (Fsp3) is 0.143. The molecule has 0 aliphatic heterocycles. The molecule has 3 rings (SSSR count). The molecule has 0 atom stereocenters. The minimum atomic E-state index is -3.87. The first-order chi connectivity index (χ1) is 15.0. The van der Waals surface area contributed by atoms with Crippen molar-refractivity contribution in [3.8, 4) is 0 Å². The Hall–Kier alpha value is -3.31. The van der Waals surface area contributed by atoms with Crippen molar-refractivity contribution in [2.24, 2.45) is 0 Å². The number of rotatable bonds is 5. The Morgan fingerprint density at radius 1 is 0.969 bits per heavy atom. The van der Waals surface area contributed by atoms with Crippen LogP contribution in [0.25, 0.3) is 0 Å². The van der Waals surface area contributed by atoms with Crippen molar-refractivity contribution in [1.29, 1.82) is 0 Å². The van der Waals surface area contributed by atoms with Crippen LogP contribution in [0.5, 0.6) is 0 Å². The number of nitrogens with zero attached hydrogens (tertiary/aromatic N) is 2. The van der Waals surface area contributed by atoms with Crippen LogP contribution in [0.15, 0.2) is 53.4 Å². The van der Waals surface area contributed by atoms with Crippen molar-refractivity contribution >= 4 is 58.2 Å². The second-order valence-electron chi connectivity index (χ2n) is 7.08. The van der Waals surface area contributed by atoms with Gasteiger partial charge < -0.3 is 5.32 Å². The van der Waals surface area contributed by atoms with Crippen LogP contribution in [0.2, 0.25) is 0 Å². The third kappa shape index (κ3) is 5.89. The first-order valence-corrected chi connectivity index (χ1v) is 11.4. The summed E-state index contributed by atoms with van der Waals surface area (Å²) in [6.07, 6.45) is 0. The molecule has 11 heteroatoms. The zero-order valence-electron chi connectivity index (χ0n) is 17.6. The van der Waals surface area contributed by atoms with Gasteiger partial charge in [0.15, 0.2) is 5.11 Å². The van der Waals surface area contributed by atoms with Gasteiger partial charge in [-0.25, -0.2) is 23.1 Å². The number of benzene rings is 2. The van der Waals surface area contributed by atoms with E-state index >= 15 is 0 Å². The van der Waals surface area contributed by atoms with Crippen LogP contribution in [-0.2, 0) is 10.0 Å². The molecular formula is C21H20BN5O3S2. The lowest BCUT2D eigenvalue weighted by atomic mass is 9.89. The van der Waals surface area contributed by atoms with Crippen LogP contribution < -0.4 is 20.8 Å². The van der Waals surface area contributed by atoms with Crippen LogP contribution in [-0.4, -0.2) is 37.3 Å². The summed E-state index contributed by atoms with van der Waals surface area (Å²) in [6.45, 7) is 5.35. The highest BCUT2D eigenvalue weighted by Gasteiger charge is 2.16. The van der Waals surface area contributed by atoms with E-state index in [2.05, 4.69) is 25.3 Å². The molecule has 8 nitrogen and oxygen atoms in total. The number of carbonyl (C=O) groups is 1. The van der Waals surface area contributed by atoms with Gasteiger partial charge >= 0.3 is 0 Å². The van der Waals surface area contributed by atoms with Crippen molar-refractivity contribution < 1.29 is 13.2 Å². The number of amides is 1. The fourth-order valence-electron chi connectivity index (χ4n) is 2.79. The largest absolute Gasteiger partial charge is 0.332 e. The summed E-state index contributed by atoms with van der Waals surface area (Å²) >= 11 is 5.17. The lowest BCUT2D eigenvalue weighted by Crippen LogP contribution is -2.34. The summed E-state index contributed by atoms with van der Waals surface area (Å²) in [5, 5.41) is 5.46. The Balaban J connectivity index is 1.65. The number of sulfonamides is 1. The quantitative estimate of drug-likeness (QED) is 0.391. The average Bonchev–Trinajstić information content (AvgIpc) is 2.69. The molecule has 0 saturated carbocycles. The van der Waals surface area contributed by atoms with Gasteiger partial charge in [0.2, 0.25) is 5.95 Å². The molecule has 162 valence electrons. The summed E-state index contributed by atoms with van der Waals surface area (Å²) in [5.41, 5.74) is 3.56. The standard InChI is InChI=1S/C21H20BN5O3S2/c1-12-4-5-15(11-18(12)22)19(28)26-21(31)25-16-6-8-17(9-7-16)32(29,30)27-20-23-13(2)10-14(3)24-20/h4-11H,1-3H3,(H,23,24,27)(H2,25,26,28,31). The van der Waals surface area contributed by atoms with Crippen molar-refractivity contribution in [3.63, 3.8) is 0 Å². The molecule has 0 bridgehead atoms. The van der Waals surface area contributed by atoms with E-state index in [9.17, 15) is 13.2 Å². The van der Waals surface area contributed by atoms with Crippen LogP contribution in [0.3, 0.4) is 0 Å². The molecule has 0 saturated heterocycles. The zero-order valence-corrected chi connectivity index (χ0v) is 19.3. The molecule has 0 aliphatic rings. The van der Waals surface area contributed by atoms with E-state index < -0.39 is 15.9 Å². The Morgan fingerprint density at radius 3 is 2.19 bits per heavy atom. The first kappa shape index (κ1) is 23.4. The maximum atomic E-state index is 12.6. The lowest BCUT2D eigenvalue weighted by molar-refractivity contribution is 0.0978. The topological polar surface area (TPSA) is 113 Å². The second kappa shape index (κ2) is 9.45. The number of aromatic nitrogens is 2. The number of hydrogen-bond acceptors (Lipinski definition) is 6. The number of thiocarbonyl (C=S) groups is 1. The van der Waals surface area contributed by atoms with Crippen molar-refractivity contribution in [3.05, 3.63) is 71.0 Å². The van der Waals surface area contributed by atoms with E-state index in [1.54, 1.807) is 38.1 Å². The number of carbonyl (C=O) groups excluding carboxylic acids is 1. The van der Waals surface area contributed by atoms with E-state index in [0.717, 1.165) is 5.56 Å². The molecule has 1 heterocycles. The van der Waals surface area contributed by atoms with Gasteiger partial charge in [0.1, 0.15) is 7.85 Å². The van der Waals surface area contributed by atoms with Crippen molar-refractivity contribution in [2.45, 2.75) is 25.7 Å². The third-order valence-electron chi connectivity index (χ3n) is 4.40. The fourth-order valence-corrected chi connectivity index (χ4v) is 3.94. The molecule has 0 unspecified atom stereocenters. The summed E-state index contributed by atoms with van der Waals surface area (Å²) in [4.78, 5) is 20.5. The van der Waals surface area contributed by atoms with Gasteiger partial charge in [0.05, 0.1) is 4.90 Å². The number of anilines is 2. The Morgan fingerprint density at radius 2 is 1.59 bits per heavy atom. The minimum absolute atomic E-state index is 0.00494. The smallest absolute Gasteiger partial charge is 0.264 e.